The summed E-state index contributed by atoms with van der Waals surface area (Å²) in [5.41, 5.74) is 4.42. The molecule has 0 N–H and O–H groups in total. The third-order valence-electron chi connectivity index (χ3n) is 4.85. The van der Waals surface area contributed by atoms with Crippen LogP contribution < -0.4 is 10.4 Å². The molecule has 3 aromatic carbocycles. The molecule has 0 aliphatic carbocycles. The quantitative estimate of drug-likeness (QED) is 0.395. The zero-order chi connectivity index (χ0) is 19.5. The van der Waals surface area contributed by atoms with Crippen molar-refractivity contribution in [2.24, 2.45) is 0 Å². The standard InChI is InChI=1S/C25H22O3/c1-17(2)19-10-8-18(9-11-19)16-27-21-12-13-22-23(20-6-4-3-5-7-20)15-25(26)28-24(22)14-21/h3-15,17H,16H2,1-2H3. The Balaban J connectivity index is 1.60. The molecule has 0 aliphatic heterocycles. The normalized spacial score (nSPS) is 11.1. The SMILES string of the molecule is CC(C)c1ccc(COc2ccc3c(-c4ccccc4)cc(=O)oc3c2)cc1. The molecule has 3 nitrogen and oxygen atoms in total. The highest BCUT2D eigenvalue weighted by Gasteiger charge is 2.09. The van der Waals surface area contributed by atoms with Gasteiger partial charge in [0.15, 0.2) is 0 Å². The smallest absolute Gasteiger partial charge is 0.336 e. The van der Waals surface area contributed by atoms with Gasteiger partial charge in [-0.1, -0.05) is 68.4 Å². The van der Waals surface area contributed by atoms with E-state index >= 15 is 0 Å². The lowest BCUT2D eigenvalue weighted by Gasteiger charge is -2.10. The molecular weight excluding hydrogens is 348 g/mol. The van der Waals surface area contributed by atoms with Crippen molar-refractivity contribution < 1.29 is 9.15 Å². The highest BCUT2D eigenvalue weighted by atomic mass is 16.5. The Bertz CT molecular complexity index is 1140. The molecule has 3 heteroatoms. The molecule has 0 unspecified atom stereocenters. The van der Waals surface area contributed by atoms with Crippen LogP contribution in [0.25, 0.3) is 22.1 Å². The molecule has 28 heavy (non-hydrogen) atoms. The topological polar surface area (TPSA) is 39.4 Å². The zero-order valence-electron chi connectivity index (χ0n) is 16.0. The fourth-order valence-electron chi connectivity index (χ4n) is 3.25. The van der Waals surface area contributed by atoms with Gasteiger partial charge in [-0.15, -0.1) is 0 Å². The fourth-order valence-corrected chi connectivity index (χ4v) is 3.25. The summed E-state index contributed by atoms with van der Waals surface area (Å²) in [5.74, 6) is 1.19. The summed E-state index contributed by atoms with van der Waals surface area (Å²) in [6.45, 7) is 4.82. The van der Waals surface area contributed by atoms with Crippen molar-refractivity contribution in [3.63, 3.8) is 0 Å². The van der Waals surface area contributed by atoms with E-state index in [1.165, 1.54) is 11.6 Å². The summed E-state index contributed by atoms with van der Waals surface area (Å²) in [6.07, 6.45) is 0. The van der Waals surface area contributed by atoms with Crippen molar-refractivity contribution in [2.45, 2.75) is 26.4 Å². The highest BCUT2D eigenvalue weighted by molar-refractivity contribution is 5.93. The van der Waals surface area contributed by atoms with Crippen LogP contribution in [0.1, 0.15) is 30.9 Å². The molecule has 0 aliphatic rings. The number of fused-ring (bicyclic) bond motifs is 1. The van der Waals surface area contributed by atoms with Gasteiger partial charge in [-0.05, 0) is 40.3 Å². The summed E-state index contributed by atoms with van der Waals surface area (Å²) in [5, 5.41) is 0.888. The summed E-state index contributed by atoms with van der Waals surface area (Å²) in [4.78, 5) is 12.0. The second-order valence-electron chi connectivity index (χ2n) is 7.19. The molecular formula is C25H22O3. The molecule has 1 aromatic heterocycles. The van der Waals surface area contributed by atoms with Gasteiger partial charge in [0, 0.05) is 17.5 Å². The number of benzene rings is 3. The maximum atomic E-state index is 12.0. The van der Waals surface area contributed by atoms with E-state index in [4.69, 9.17) is 9.15 Å². The Morgan fingerprint density at radius 1 is 0.893 bits per heavy atom. The number of rotatable bonds is 5. The maximum Gasteiger partial charge on any atom is 0.336 e. The van der Waals surface area contributed by atoms with Crippen molar-refractivity contribution in [1.82, 2.24) is 0 Å². The first kappa shape index (κ1) is 18.1. The van der Waals surface area contributed by atoms with Gasteiger partial charge in [0.1, 0.15) is 17.9 Å². The molecule has 0 bridgehead atoms. The molecule has 0 saturated heterocycles. The minimum atomic E-state index is -0.368. The average Bonchev–Trinajstić information content (AvgIpc) is 2.72. The van der Waals surface area contributed by atoms with Gasteiger partial charge < -0.3 is 9.15 Å². The Morgan fingerprint density at radius 3 is 2.36 bits per heavy atom. The fraction of sp³-hybridized carbons (Fsp3) is 0.160. The molecule has 0 atom stereocenters. The number of ether oxygens (including phenoxy) is 1. The Hall–Kier alpha value is -3.33. The predicted octanol–water partition coefficient (Wildman–Crippen LogP) is 6.16. The molecule has 0 radical (unpaired) electrons. The summed E-state index contributed by atoms with van der Waals surface area (Å²) in [6, 6.07) is 25.5. The van der Waals surface area contributed by atoms with E-state index in [-0.39, 0.29) is 5.63 Å². The van der Waals surface area contributed by atoms with Crippen LogP contribution in [-0.2, 0) is 6.61 Å². The van der Waals surface area contributed by atoms with Gasteiger partial charge in [-0.3, -0.25) is 0 Å². The van der Waals surface area contributed by atoms with Crippen molar-refractivity contribution in [3.8, 4) is 16.9 Å². The number of hydrogen-bond acceptors (Lipinski definition) is 3. The molecule has 0 saturated carbocycles. The second kappa shape index (κ2) is 7.73. The first-order chi connectivity index (χ1) is 13.6. The molecule has 4 aromatic rings. The van der Waals surface area contributed by atoms with Gasteiger partial charge in [0.25, 0.3) is 0 Å². The van der Waals surface area contributed by atoms with E-state index in [1.807, 2.05) is 42.5 Å². The van der Waals surface area contributed by atoms with Crippen LogP contribution in [0.4, 0.5) is 0 Å². The van der Waals surface area contributed by atoms with Crippen molar-refractivity contribution in [1.29, 1.82) is 0 Å². The lowest BCUT2D eigenvalue weighted by atomic mass is 10.0. The van der Waals surface area contributed by atoms with Crippen LogP contribution in [0.15, 0.2) is 88.1 Å². The van der Waals surface area contributed by atoms with Crippen LogP contribution in [0.3, 0.4) is 0 Å². The Labute approximate surface area is 164 Å². The molecule has 1 heterocycles. The van der Waals surface area contributed by atoms with Crippen molar-refractivity contribution in [2.75, 3.05) is 0 Å². The van der Waals surface area contributed by atoms with Gasteiger partial charge in [0.05, 0.1) is 0 Å². The molecule has 0 spiro atoms. The average molecular weight is 370 g/mol. The van der Waals surface area contributed by atoms with Gasteiger partial charge in [-0.25, -0.2) is 4.79 Å². The van der Waals surface area contributed by atoms with Crippen LogP contribution in [0, 0.1) is 0 Å². The lowest BCUT2D eigenvalue weighted by Crippen LogP contribution is -1.99. The van der Waals surface area contributed by atoms with E-state index in [0.717, 1.165) is 22.1 Å². The predicted molar refractivity (Wildman–Crippen MR) is 113 cm³/mol. The van der Waals surface area contributed by atoms with Gasteiger partial charge >= 0.3 is 5.63 Å². The lowest BCUT2D eigenvalue weighted by molar-refractivity contribution is 0.306. The van der Waals surface area contributed by atoms with E-state index in [9.17, 15) is 4.79 Å². The van der Waals surface area contributed by atoms with E-state index in [0.29, 0.717) is 23.9 Å². The maximum absolute atomic E-state index is 12.0. The molecule has 0 fully saturated rings. The summed E-state index contributed by atoms with van der Waals surface area (Å²) in [7, 11) is 0. The van der Waals surface area contributed by atoms with Gasteiger partial charge in [0.2, 0.25) is 0 Å². The minimum Gasteiger partial charge on any atom is -0.489 e. The third-order valence-corrected chi connectivity index (χ3v) is 4.85. The molecule has 140 valence electrons. The minimum absolute atomic E-state index is 0.368. The largest absolute Gasteiger partial charge is 0.489 e. The van der Waals surface area contributed by atoms with Crippen LogP contribution in [-0.4, -0.2) is 0 Å². The van der Waals surface area contributed by atoms with Crippen LogP contribution in [0.2, 0.25) is 0 Å². The first-order valence-electron chi connectivity index (χ1n) is 9.45. The van der Waals surface area contributed by atoms with E-state index in [1.54, 1.807) is 6.07 Å². The zero-order valence-corrected chi connectivity index (χ0v) is 16.0. The highest BCUT2D eigenvalue weighted by Crippen LogP contribution is 2.29. The summed E-state index contributed by atoms with van der Waals surface area (Å²) < 4.78 is 11.3. The molecule has 4 rings (SSSR count). The first-order valence-corrected chi connectivity index (χ1v) is 9.45. The third kappa shape index (κ3) is 3.84. The monoisotopic (exact) mass is 370 g/mol. The summed E-state index contributed by atoms with van der Waals surface area (Å²) >= 11 is 0. The van der Waals surface area contributed by atoms with Crippen molar-refractivity contribution in [3.05, 3.63) is 100 Å². The van der Waals surface area contributed by atoms with Gasteiger partial charge in [-0.2, -0.15) is 0 Å². The second-order valence-corrected chi connectivity index (χ2v) is 7.19. The Morgan fingerprint density at radius 2 is 1.64 bits per heavy atom. The van der Waals surface area contributed by atoms with E-state index < -0.39 is 0 Å². The van der Waals surface area contributed by atoms with E-state index in [2.05, 4.69) is 38.1 Å². The molecule has 0 amide bonds. The van der Waals surface area contributed by atoms with Crippen LogP contribution >= 0.6 is 0 Å². The number of hydrogen-bond donors (Lipinski definition) is 0. The van der Waals surface area contributed by atoms with Crippen LogP contribution in [0.5, 0.6) is 5.75 Å². The Kier molecular flexibility index (Phi) is 4.98. The van der Waals surface area contributed by atoms with Crippen molar-refractivity contribution >= 4 is 11.0 Å².